The molecule has 0 aromatic carbocycles. The van der Waals surface area contributed by atoms with Crippen molar-refractivity contribution in [3.8, 4) is 0 Å². The van der Waals surface area contributed by atoms with Crippen molar-refractivity contribution in [1.82, 2.24) is 4.90 Å². The number of hydrogen-bond donors (Lipinski definition) is 2. The molecule has 1 spiro atoms. The second-order valence-electron chi connectivity index (χ2n) is 5.82. The van der Waals surface area contributed by atoms with E-state index in [1.165, 1.54) is 7.11 Å². The Balaban J connectivity index is 1.90. The minimum absolute atomic E-state index is 0.0662. The number of aliphatic hydroxyl groups excluding tert-OH is 1. The Labute approximate surface area is 120 Å². The first-order chi connectivity index (χ1) is 9.55. The molecule has 116 valence electrons. The quantitative estimate of drug-likeness (QED) is 0.727. The van der Waals surface area contributed by atoms with Gasteiger partial charge in [-0.05, 0) is 19.8 Å². The topological polar surface area (TPSA) is 85.0 Å². The van der Waals surface area contributed by atoms with Gasteiger partial charge in [-0.15, -0.1) is 0 Å². The fourth-order valence-corrected chi connectivity index (χ4v) is 3.45. The molecule has 0 aromatic heterocycles. The van der Waals surface area contributed by atoms with E-state index < -0.39 is 6.04 Å². The van der Waals surface area contributed by atoms with Gasteiger partial charge >= 0.3 is 0 Å². The zero-order valence-corrected chi connectivity index (χ0v) is 12.4. The van der Waals surface area contributed by atoms with Crippen LogP contribution in [0.2, 0.25) is 0 Å². The number of hydrogen-bond acceptors (Lipinski definition) is 5. The molecule has 2 aliphatic rings. The second-order valence-corrected chi connectivity index (χ2v) is 5.82. The van der Waals surface area contributed by atoms with Crippen LogP contribution in [0.4, 0.5) is 0 Å². The number of likely N-dealkylation sites (tertiary alicyclic amines) is 1. The lowest BCUT2D eigenvalue weighted by atomic mass is 9.58. The fraction of sp³-hybridized carbons (Fsp3) is 0.929. The number of amides is 1. The molecule has 3 atom stereocenters. The van der Waals surface area contributed by atoms with Crippen LogP contribution in [-0.4, -0.2) is 67.6 Å². The molecular formula is C14H26N2O4. The van der Waals surface area contributed by atoms with Gasteiger partial charge in [-0.3, -0.25) is 4.79 Å². The van der Waals surface area contributed by atoms with Crippen LogP contribution in [0.25, 0.3) is 0 Å². The summed E-state index contributed by atoms with van der Waals surface area (Å²) < 4.78 is 10.6. The largest absolute Gasteiger partial charge is 0.392 e. The van der Waals surface area contributed by atoms with E-state index in [0.717, 1.165) is 12.8 Å². The first-order valence-electron chi connectivity index (χ1n) is 7.38. The summed E-state index contributed by atoms with van der Waals surface area (Å²) in [6.45, 7) is 4.15. The molecule has 6 heteroatoms. The van der Waals surface area contributed by atoms with Crippen molar-refractivity contribution in [2.75, 3.05) is 33.4 Å². The lowest BCUT2D eigenvalue weighted by molar-refractivity contribution is -0.210. The molecule has 3 N–H and O–H groups in total. The minimum atomic E-state index is -0.594. The number of carbonyl (C=O) groups excluding carboxylic acids is 1. The smallest absolute Gasteiger partial charge is 0.241 e. The van der Waals surface area contributed by atoms with E-state index in [1.807, 2.05) is 6.92 Å². The second kappa shape index (κ2) is 6.39. The van der Waals surface area contributed by atoms with Gasteiger partial charge in [-0.25, -0.2) is 0 Å². The van der Waals surface area contributed by atoms with Crippen molar-refractivity contribution >= 4 is 5.91 Å². The predicted octanol–water partition coefficient (Wildman–Crippen LogP) is -0.261. The molecule has 0 aromatic rings. The van der Waals surface area contributed by atoms with Crippen molar-refractivity contribution in [2.45, 2.75) is 44.4 Å². The standard InChI is InChI=1S/C14H26N2O4/c1-3-20-12-8-11(17)14(12)4-6-16(7-5-14)13(18)10(15)9-19-2/h10-12,17H,3-9,15H2,1-2H3. The summed E-state index contributed by atoms with van der Waals surface area (Å²) in [6.07, 6.45) is 2.11. The average Bonchev–Trinajstić information content (AvgIpc) is 2.47. The highest BCUT2D eigenvalue weighted by molar-refractivity contribution is 5.81. The van der Waals surface area contributed by atoms with E-state index in [4.69, 9.17) is 15.2 Å². The van der Waals surface area contributed by atoms with E-state index in [-0.39, 0.29) is 30.1 Å². The first kappa shape index (κ1) is 15.7. The number of nitrogens with zero attached hydrogens (tertiary/aromatic N) is 1. The summed E-state index contributed by atoms with van der Waals surface area (Å²) in [6, 6.07) is -0.594. The number of nitrogens with two attached hydrogens (primary N) is 1. The Morgan fingerprint density at radius 1 is 1.50 bits per heavy atom. The molecule has 1 aliphatic carbocycles. The molecule has 0 bridgehead atoms. The van der Waals surface area contributed by atoms with E-state index in [1.54, 1.807) is 4.90 Å². The molecule has 20 heavy (non-hydrogen) atoms. The Morgan fingerprint density at radius 3 is 2.65 bits per heavy atom. The third-order valence-corrected chi connectivity index (χ3v) is 4.78. The van der Waals surface area contributed by atoms with E-state index in [2.05, 4.69) is 0 Å². The number of carbonyl (C=O) groups is 1. The molecule has 0 radical (unpaired) electrons. The van der Waals surface area contributed by atoms with Crippen LogP contribution in [0.1, 0.15) is 26.2 Å². The van der Waals surface area contributed by atoms with Crippen LogP contribution >= 0.6 is 0 Å². The van der Waals surface area contributed by atoms with Crippen molar-refractivity contribution in [2.24, 2.45) is 11.1 Å². The number of methoxy groups -OCH3 is 1. The average molecular weight is 286 g/mol. The molecule has 2 rings (SSSR count). The van der Waals surface area contributed by atoms with Crippen LogP contribution in [0, 0.1) is 5.41 Å². The van der Waals surface area contributed by atoms with Gasteiger partial charge in [0, 0.05) is 38.6 Å². The molecule has 1 heterocycles. The Kier molecular flexibility index (Phi) is 5.01. The van der Waals surface area contributed by atoms with Gasteiger partial charge in [0.25, 0.3) is 0 Å². The molecule has 3 unspecified atom stereocenters. The van der Waals surface area contributed by atoms with Crippen LogP contribution < -0.4 is 5.73 Å². The van der Waals surface area contributed by atoms with E-state index >= 15 is 0 Å². The van der Waals surface area contributed by atoms with Crippen LogP contribution in [0.5, 0.6) is 0 Å². The normalized spacial score (nSPS) is 30.1. The molecule has 1 amide bonds. The van der Waals surface area contributed by atoms with Gasteiger partial charge in [0.05, 0.1) is 18.8 Å². The van der Waals surface area contributed by atoms with Crippen molar-refractivity contribution < 1.29 is 19.4 Å². The van der Waals surface area contributed by atoms with Crippen molar-refractivity contribution in [3.05, 3.63) is 0 Å². The Bertz CT molecular complexity index is 340. The Hall–Kier alpha value is -0.690. The molecular weight excluding hydrogens is 260 g/mol. The number of ether oxygens (including phenoxy) is 2. The Morgan fingerprint density at radius 2 is 2.15 bits per heavy atom. The van der Waals surface area contributed by atoms with Gasteiger partial charge < -0.3 is 25.2 Å². The van der Waals surface area contributed by atoms with Crippen molar-refractivity contribution in [1.29, 1.82) is 0 Å². The van der Waals surface area contributed by atoms with E-state index in [9.17, 15) is 9.90 Å². The maximum Gasteiger partial charge on any atom is 0.241 e. The van der Waals surface area contributed by atoms with E-state index in [0.29, 0.717) is 26.1 Å². The lowest BCUT2D eigenvalue weighted by Crippen LogP contribution is -2.63. The summed E-state index contributed by atoms with van der Waals surface area (Å²) in [5.41, 5.74) is 5.63. The zero-order chi connectivity index (χ0) is 14.8. The first-order valence-corrected chi connectivity index (χ1v) is 7.38. The predicted molar refractivity (Wildman–Crippen MR) is 74.1 cm³/mol. The monoisotopic (exact) mass is 286 g/mol. The number of aliphatic hydroxyl groups is 1. The third-order valence-electron chi connectivity index (χ3n) is 4.78. The summed E-state index contributed by atoms with van der Waals surface area (Å²) in [5.74, 6) is -0.0662. The lowest BCUT2D eigenvalue weighted by Gasteiger charge is -2.56. The van der Waals surface area contributed by atoms with Gasteiger partial charge in [-0.2, -0.15) is 0 Å². The summed E-state index contributed by atoms with van der Waals surface area (Å²) in [7, 11) is 1.54. The number of rotatable bonds is 5. The summed E-state index contributed by atoms with van der Waals surface area (Å²) in [5, 5.41) is 10.1. The highest BCUT2D eigenvalue weighted by Gasteiger charge is 2.56. The molecule has 6 nitrogen and oxygen atoms in total. The SMILES string of the molecule is CCOC1CC(O)C12CCN(C(=O)C(N)COC)CC2. The molecule has 1 aliphatic heterocycles. The molecule has 2 fully saturated rings. The van der Waals surface area contributed by atoms with Gasteiger partial charge in [0.2, 0.25) is 5.91 Å². The fourth-order valence-electron chi connectivity index (χ4n) is 3.45. The number of piperidine rings is 1. The summed E-state index contributed by atoms with van der Waals surface area (Å²) in [4.78, 5) is 13.9. The highest BCUT2D eigenvalue weighted by Crippen LogP contribution is 2.50. The minimum Gasteiger partial charge on any atom is -0.392 e. The molecule has 1 saturated heterocycles. The van der Waals surface area contributed by atoms with Gasteiger partial charge in [0.1, 0.15) is 6.04 Å². The maximum absolute atomic E-state index is 12.1. The van der Waals surface area contributed by atoms with Crippen molar-refractivity contribution in [3.63, 3.8) is 0 Å². The van der Waals surface area contributed by atoms with Gasteiger partial charge in [0.15, 0.2) is 0 Å². The van der Waals surface area contributed by atoms with Crippen LogP contribution in [0.15, 0.2) is 0 Å². The third kappa shape index (κ3) is 2.70. The van der Waals surface area contributed by atoms with Crippen LogP contribution in [0.3, 0.4) is 0 Å². The zero-order valence-electron chi connectivity index (χ0n) is 12.4. The van der Waals surface area contributed by atoms with Gasteiger partial charge in [-0.1, -0.05) is 0 Å². The highest BCUT2D eigenvalue weighted by atomic mass is 16.5. The maximum atomic E-state index is 12.1. The molecule has 1 saturated carbocycles. The van der Waals surface area contributed by atoms with Crippen LogP contribution in [-0.2, 0) is 14.3 Å². The summed E-state index contributed by atoms with van der Waals surface area (Å²) >= 11 is 0.